The minimum absolute atomic E-state index is 0.0772. The van der Waals surface area contributed by atoms with Crippen LogP contribution < -0.4 is 4.90 Å². The summed E-state index contributed by atoms with van der Waals surface area (Å²) in [5, 5.41) is 9.77. The van der Waals surface area contributed by atoms with Gasteiger partial charge in [0, 0.05) is 11.1 Å². The number of amides is 2. The van der Waals surface area contributed by atoms with Crippen LogP contribution in [-0.4, -0.2) is 29.5 Å². The maximum Gasteiger partial charge on any atom is 0.338 e. The molecule has 1 heterocycles. The molecule has 0 aliphatic carbocycles. The highest BCUT2D eigenvalue weighted by Gasteiger charge is 2.35. The summed E-state index contributed by atoms with van der Waals surface area (Å²) < 4.78 is 4.98. The van der Waals surface area contributed by atoms with Gasteiger partial charge in [0.15, 0.2) is 0 Å². The lowest BCUT2D eigenvalue weighted by Gasteiger charge is -2.28. The number of imide groups is 1. The summed E-state index contributed by atoms with van der Waals surface area (Å²) in [5.41, 5.74) is 2.56. The van der Waals surface area contributed by atoms with Crippen LogP contribution in [0, 0.1) is 0 Å². The van der Waals surface area contributed by atoms with Gasteiger partial charge in [-0.15, -0.1) is 0 Å². The molecule has 0 radical (unpaired) electrons. The number of esters is 1. The molecule has 154 valence electrons. The van der Waals surface area contributed by atoms with E-state index in [9.17, 15) is 19.5 Å². The number of hydrogen-bond donors (Lipinski definition) is 1. The number of hydrogen-bond acceptors (Lipinski definition) is 5. The lowest BCUT2D eigenvalue weighted by molar-refractivity contribution is -0.112. The third kappa shape index (κ3) is 3.83. The summed E-state index contributed by atoms with van der Waals surface area (Å²) in [6.45, 7) is 1.97. The fraction of sp³-hybridized carbons (Fsp3) is 0.0800. The molecule has 0 saturated carbocycles. The Morgan fingerprint density at radius 1 is 0.935 bits per heavy atom. The summed E-state index contributed by atoms with van der Waals surface area (Å²) in [7, 11) is 0. The topological polar surface area (TPSA) is 83.9 Å². The number of benzene rings is 3. The number of carbonyl (C=O) groups is 3. The summed E-state index contributed by atoms with van der Waals surface area (Å²) in [4.78, 5) is 39.5. The maximum atomic E-state index is 13.4. The fourth-order valence-electron chi connectivity index (χ4n) is 3.47. The second-order valence-corrected chi connectivity index (χ2v) is 6.91. The molecule has 0 fully saturated rings. The average molecular weight is 413 g/mol. The predicted molar refractivity (Wildman–Crippen MR) is 117 cm³/mol. The number of ether oxygens (including phenoxy) is 1. The number of carbonyl (C=O) groups excluding carboxylic acids is 3. The first-order valence-electron chi connectivity index (χ1n) is 9.75. The Hall–Kier alpha value is -4.19. The van der Waals surface area contributed by atoms with E-state index in [2.05, 4.69) is 0 Å². The summed E-state index contributed by atoms with van der Waals surface area (Å²) in [6, 6.07) is 19.5. The highest BCUT2D eigenvalue weighted by Crippen LogP contribution is 2.33. The van der Waals surface area contributed by atoms with Gasteiger partial charge in [-0.05, 0) is 66.6 Å². The molecule has 4 rings (SSSR count). The number of fused-ring (bicyclic) bond motifs is 1. The van der Waals surface area contributed by atoms with Gasteiger partial charge in [-0.2, -0.15) is 0 Å². The van der Waals surface area contributed by atoms with Crippen LogP contribution in [0.2, 0.25) is 0 Å². The largest absolute Gasteiger partial charge is 0.508 e. The van der Waals surface area contributed by atoms with Gasteiger partial charge < -0.3 is 9.84 Å². The van der Waals surface area contributed by atoms with Gasteiger partial charge in [0.1, 0.15) is 5.75 Å². The standard InChI is InChI=1S/C25H19NO5/c1-2-31-25(30)17-10-12-18(13-11-17)26-23(28)21-9-4-3-8-20(21)22(24(26)29)15-16-6-5-7-19(27)14-16/h3-15,27H,2H2,1H3/b22-15+. The number of aromatic hydroxyl groups is 1. The first kappa shape index (κ1) is 20.1. The smallest absolute Gasteiger partial charge is 0.338 e. The highest BCUT2D eigenvalue weighted by atomic mass is 16.5. The molecule has 1 aliphatic heterocycles. The molecule has 0 saturated heterocycles. The highest BCUT2D eigenvalue weighted by molar-refractivity contribution is 6.43. The third-order valence-electron chi connectivity index (χ3n) is 4.90. The van der Waals surface area contributed by atoms with Crippen molar-refractivity contribution in [2.24, 2.45) is 0 Å². The number of rotatable bonds is 4. The summed E-state index contributed by atoms with van der Waals surface area (Å²) >= 11 is 0. The predicted octanol–water partition coefficient (Wildman–Crippen LogP) is 4.30. The minimum atomic E-state index is -0.490. The molecule has 1 N–H and O–H groups in total. The van der Waals surface area contributed by atoms with Crippen molar-refractivity contribution in [2.75, 3.05) is 11.5 Å². The van der Waals surface area contributed by atoms with Crippen LogP contribution in [0.5, 0.6) is 5.75 Å². The van der Waals surface area contributed by atoms with Gasteiger partial charge in [-0.25, -0.2) is 9.69 Å². The zero-order chi connectivity index (χ0) is 22.0. The molecule has 6 nitrogen and oxygen atoms in total. The Balaban J connectivity index is 1.79. The molecule has 1 aliphatic rings. The van der Waals surface area contributed by atoms with Gasteiger partial charge in [0.25, 0.3) is 11.8 Å². The molecule has 3 aromatic carbocycles. The Morgan fingerprint density at radius 3 is 2.32 bits per heavy atom. The van der Waals surface area contributed by atoms with E-state index in [-0.39, 0.29) is 12.4 Å². The van der Waals surface area contributed by atoms with Crippen molar-refractivity contribution in [1.29, 1.82) is 0 Å². The molecule has 0 aromatic heterocycles. The second kappa shape index (κ2) is 8.28. The van der Waals surface area contributed by atoms with Crippen molar-refractivity contribution in [3.8, 4) is 5.75 Å². The van der Waals surface area contributed by atoms with Crippen LogP contribution in [0.4, 0.5) is 5.69 Å². The van der Waals surface area contributed by atoms with Gasteiger partial charge in [0.2, 0.25) is 0 Å². The Bertz CT molecular complexity index is 1210. The quantitative estimate of drug-likeness (QED) is 0.392. The Labute approximate surface area is 179 Å². The van der Waals surface area contributed by atoms with Crippen molar-refractivity contribution < 1.29 is 24.2 Å². The van der Waals surface area contributed by atoms with Crippen LogP contribution in [0.15, 0.2) is 72.8 Å². The van der Waals surface area contributed by atoms with Crippen LogP contribution in [0.1, 0.15) is 38.8 Å². The number of phenols is 1. The first-order chi connectivity index (χ1) is 15.0. The van der Waals surface area contributed by atoms with Gasteiger partial charge >= 0.3 is 5.97 Å². The fourth-order valence-corrected chi connectivity index (χ4v) is 3.47. The molecule has 2 amide bonds. The van der Waals surface area contributed by atoms with Crippen LogP contribution in [-0.2, 0) is 9.53 Å². The number of phenolic OH excluding ortho intramolecular Hbond substituents is 1. The van der Waals surface area contributed by atoms with E-state index >= 15 is 0 Å². The van der Waals surface area contributed by atoms with E-state index < -0.39 is 17.8 Å². The minimum Gasteiger partial charge on any atom is -0.508 e. The van der Waals surface area contributed by atoms with E-state index in [1.54, 1.807) is 67.6 Å². The lowest BCUT2D eigenvalue weighted by atomic mass is 9.91. The van der Waals surface area contributed by atoms with Crippen molar-refractivity contribution in [3.63, 3.8) is 0 Å². The summed E-state index contributed by atoms with van der Waals surface area (Å²) in [5.74, 6) is -1.33. The molecule has 6 heteroatoms. The molecular weight excluding hydrogens is 394 g/mol. The van der Waals surface area contributed by atoms with Crippen molar-refractivity contribution in [2.45, 2.75) is 6.92 Å². The van der Waals surface area contributed by atoms with Crippen molar-refractivity contribution >= 4 is 35.1 Å². The SMILES string of the molecule is CCOC(=O)c1ccc(N2C(=O)/C(=C/c3cccc(O)c3)c3ccccc3C2=O)cc1. The molecule has 0 atom stereocenters. The molecular formula is C25H19NO5. The first-order valence-corrected chi connectivity index (χ1v) is 9.75. The molecule has 3 aromatic rings. The molecule has 0 unspecified atom stereocenters. The maximum absolute atomic E-state index is 13.4. The third-order valence-corrected chi connectivity index (χ3v) is 4.90. The van der Waals surface area contributed by atoms with Gasteiger partial charge in [-0.3, -0.25) is 9.59 Å². The van der Waals surface area contributed by atoms with Gasteiger partial charge in [0.05, 0.1) is 17.9 Å². The zero-order valence-electron chi connectivity index (χ0n) is 16.7. The van der Waals surface area contributed by atoms with Crippen LogP contribution in [0.3, 0.4) is 0 Å². The van der Waals surface area contributed by atoms with E-state index in [0.29, 0.717) is 33.5 Å². The van der Waals surface area contributed by atoms with E-state index in [0.717, 1.165) is 4.90 Å². The molecule has 0 bridgehead atoms. The van der Waals surface area contributed by atoms with Crippen molar-refractivity contribution in [1.82, 2.24) is 0 Å². The Morgan fingerprint density at radius 2 is 1.65 bits per heavy atom. The molecule has 31 heavy (non-hydrogen) atoms. The number of nitrogens with zero attached hydrogens (tertiary/aromatic N) is 1. The molecule has 0 spiro atoms. The number of anilines is 1. The Kier molecular flexibility index (Phi) is 5.37. The lowest BCUT2D eigenvalue weighted by Crippen LogP contribution is -2.41. The van der Waals surface area contributed by atoms with Gasteiger partial charge in [-0.1, -0.05) is 30.3 Å². The monoisotopic (exact) mass is 413 g/mol. The van der Waals surface area contributed by atoms with E-state index in [1.807, 2.05) is 0 Å². The van der Waals surface area contributed by atoms with Crippen molar-refractivity contribution in [3.05, 3.63) is 95.1 Å². The zero-order valence-corrected chi connectivity index (χ0v) is 16.7. The normalized spacial score (nSPS) is 14.5. The van der Waals surface area contributed by atoms with E-state index in [4.69, 9.17) is 4.74 Å². The van der Waals surface area contributed by atoms with E-state index in [1.165, 1.54) is 18.2 Å². The van der Waals surface area contributed by atoms with Crippen LogP contribution in [0.25, 0.3) is 11.6 Å². The second-order valence-electron chi connectivity index (χ2n) is 6.91. The summed E-state index contributed by atoms with van der Waals surface area (Å²) in [6.07, 6.45) is 1.65. The van der Waals surface area contributed by atoms with Crippen LogP contribution >= 0.6 is 0 Å². The average Bonchev–Trinajstić information content (AvgIpc) is 2.77.